The fourth-order valence-corrected chi connectivity index (χ4v) is 4.35. The number of fused-ring (bicyclic) bond motifs is 4. The Hall–Kier alpha value is -3.53. The monoisotopic (exact) mass is 412 g/mol. The molecular weight excluding hydrogens is 391 g/mol. The molecule has 1 saturated carbocycles. The van der Waals surface area contributed by atoms with Gasteiger partial charge in [-0.3, -0.25) is 4.98 Å². The number of nitrogens with zero attached hydrogens (tertiary/aromatic N) is 6. The minimum absolute atomic E-state index is 0.156. The topological polar surface area (TPSA) is 59.7 Å². The number of aromatic nitrogens is 5. The highest BCUT2D eigenvalue weighted by Crippen LogP contribution is 2.44. The first kappa shape index (κ1) is 18.3. The largest absolute Gasteiger partial charge is 0.324 e. The summed E-state index contributed by atoms with van der Waals surface area (Å²) in [5.41, 5.74) is 4.65. The Balaban J connectivity index is 1.56. The zero-order valence-corrected chi connectivity index (χ0v) is 17.5. The van der Waals surface area contributed by atoms with Crippen LogP contribution in [0.2, 0.25) is 0 Å². The summed E-state index contributed by atoms with van der Waals surface area (Å²) >= 11 is 0. The van der Waals surface area contributed by atoms with Gasteiger partial charge in [-0.25, -0.2) is 14.1 Å². The second-order valence-corrected chi connectivity index (χ2v) is 8.76. The van der Waals surface area contributed by atoms with E-state index in [0.29, 0.717) is 11.5 Å². The van der Waals surface area contributed by atoms with Gasteiger partial charge in [-0.1, -0.05) is 17.1 Å². The van der Waals surface area contributed by atoms with Crippen molar-refractivity contribution in [2.75, 3.05) is 11.4 Å². The summed E-state index contributed by atoms with van der Waals surface area (Å²) in [4.78, 5) is 11.4. The van der Waals surface area contributed by atoms with Gasteiger partial charge in [0, 0.05) is 41.5 Å². The van der Waals surface area contributed by atoms with Gasteiger partial charge in [-0.05, 0) is 56.4 Å². The lowest BCUT2D eigenvalue weighted by Gasteiger charge is -2.31. The van der Waals surface area contributed by atoms with Crippen LogP contribution in [-0.4, -0.2) is 31.5 Å². The Labute approximate surface area is 179 Å². The molecule has 6 nitrogen and oxygen atoms in total. The first-order chi connectivity index (χ1) is 15.0. The lowest BCUT2D eigenvalue weighted by Crippen LogP contribution is -2.26. The molecule has 1 fully saturated rings. The molecular formula is C24H21FN6. The Kier molecular flexibility index (Phi) is 3.82. The SMILES string of the molecule is Cn1nnc2nc(N3CCCc4c(C#CC5(C)CC5)cncc43)c3cc(F)ccc3c21. The molecule has 4 aromatic rings. The maximum atomic E-state index is 14.3. The number of rotatable bonds is 1. The Morgan fingerprint density at radius 2 is 2.03 bits per heavy atom. The van der Waals surface area contributed by atoms with Crippen molar-refractivity contribution in [3.8, 4) is 11.8 Å². The molecule has 3 aromatic heterocycles. The molecule has 1 aliphatic carbocycles. The first-order valence-electron chi connectivity index (χ1n) is 10.6. The number of aryl methyl sites for hydroxylation is 1. The van der Waals surface area contributed by atoms with Crippen molar-refractivity contribution < 1.29 is 4.39 Å². The summed E-state index contributed by atoms with van der Waals surface area (Å²) in [6.07, 6.45) is 7.95. The van der Waals surface area contributed by atoms with E-state index in [1.165, 1.54) is 11.6 Å². The van der Waals surface area contributed by atoms with Crippen molar-refractivity contribution in [2.45, 2.75) is 32.6 Å². The van der Waals surface area contributed by atoms with Gasteiger partial charge in [0.05, 0.1) is 11.9 Å². The van der Waals surface area contributed by atoms with Crippen molar-refractivity contribution in [3.05, 3.63) is 47.5 Å². The highest BCUT2D eigenvalue weighted by molar-refractivity contribution is 6.08. The van der Waals surface area contributed by atoms with Crippen LogP contribution in [0, 0.1) is 23.1 Å². The highest BCUT2D eigenvalue weighted by atomic mass is 19.1. The van der Waals surface area contributed by atoms with E-state index in [0.717, 1.165) is 59.8 Å². The second-order valence-electron chi connectivity index (χ2n) is 8.76. The van der Waals surface area contributed by atoms with Gasteiger partial charge in [0.15, 0.2) is 0 Å². The highest BCUT2D eigenvalue weighted by Gasteiger charge is 2.35. The molecule has 1 aliphatic heterocycles. The summed E-state index contributed by atoms with van der Waals surface area (Å²) in [6.45, 7) is 2.98. The average Bonchev–Trinajstić information content (AvgIpc) is 3.40. The van der Waals surface area contributed by atoms with Crippen molar-refractivity contribution in [2.24, 2.45) is 12.5 Å². The summed E-state index contributed by atoms with van der Waals surface area (Å²) < 4.78 is 16.0. The van der Waals surface area contributed by atoms with E-state index in [1.54, 1.807) is 16.8 Å². The molecule has 0 radical (unpaired) electrons. The van der Waals surface area contributed by atoms with Gasteiger partial charge in [0.1, 0.15) is 17.2 Å². The summed E-state index contributed by atoms with van der Waals surface area (Å²) in [6, 6.07) is 4.79. The van der Waals surface area contributed by atoms with E-state index in [4.69, 9.17) is 4.98 Å². The van der Waals surface area contributed by atoms with E-state index in [2.05, 4.69) is 39.0 Å². The zero-order chi connectivity index (χ0) is 21.2. The maximum absolute atomic E-state index is 14.3. The van der Waals surface area contributed by atoms with Gasteiger partial charge < -0.3 is 4.90 Å². The van der Waals surface area contributed by atoms with Gasteiger partial charge in [-0.15, -0.1) is 5.10 Å². The van der Waals surface area contributed by atoms with E-state index >= 15 is 0 Å². The first-order valence-corrected chi connectivity index (χ1v) is 10.6. The van der Waals surface area contributed by atoms with Crippen molar-refractivity contribution in [1.29, 1.82) is 0 Å². The lowest BCUT2D eigenvalue weighted by molar-refractivity contribution is 0.629. The van der Waals surface area contributed by atoms with Crippen LogP contribution in [0.15, 0.2) is 30.6 Å². The quantitative estimate of drug-likeness (QED) is 0.437. The number of pyridine rings is 2. The number of benzene rings is 1. The molecule has 2 aliphatic rings. The standard InChI is InChI=1S/C24H21FN6/c1-24(9-10-24)8-7-15-13-26-14-20-17(15)4-3-11-31(20)23-19-12-16(25)5-6-18(19)21-22(27-23)28-29-30(21)2/h5-6,12-14H,3-4,9-11H2,1-2H3. The van der Waals surface area contributed by atoms with Gasteiger partial charge >= 0.3 is 0 Å². The smallest absolute Gasteiger partial charge is 0.204 e. The fourth-order valence-electron chi connectivity index (χ4n) is 4.35. The van der Waals surface area contributed by atoms with Gasteiger partial charge in [0.2, 0.25) is 5.65 Å². The summed E-state index contributed by atoms with van der Waals surface area (Å²) in [5.74, 6) is 7.20. The normalized spacial score (nSPS) is 16.8. The molecule has 0 saturated heterocycles. The van der Waals surface area contributed by atoms with E-state index in [9.17, 15) is 4.39 Å². The Morgan fingerprint density at radius 3 is 2.87 bits per heavy atom. The van der Waals surface area contributed by atoms with Crippen LogP contribution in [0.1, 0.15) is 37.3 Å². The van der Waals surface area contributed by atoms with Crippen molar-refractivity contribution >= 4 is 33.4 Å². The molecule has 0 amide bonds. The molecule has 0 atom stereocenters. The minimum Gasteiger partial charge on any atom is -0.324 e. The molecule has 0 spiro atoms. The predicted molar refractivity (Wildman–Crippen MR) is 118 cm³/mol. The molecule has 6 rings (SSSR count). The minimum atomic E-state index is -0.294. The summed E-state index contributed by atoms with van der Waals surface area (Å²) in [5, 5.41) is 9.98. The van der Waals surface area contributed by atoms with E-state index in [1.807, 2.05) is 19.4 Å². The Morgan fingerprint density at radius 1 is 1.16 bits per heavy atom. The third kappa shape index (κ3) is 2.94. The van der Waals surface area contributed by atoms with Crippen molar-refractivity contribution in [3.63, 3.8) is 0 Å². The van der Waals surface area contributed by atoms with Crippen LogP contribution >= 0.6 is 0 Å². The second kappa shape index (κ2) is 6.48. The molecule has 4 heterocycles. The van der Waals surface area contributed by atoms with Crippen LogP contribution < -0.4 is 4.90 Å². The number of halogens is 1. The third-order valence-electron chi connectivity index (χ3n) is 6.39. The molecule has 0 N–H and O–H groups in total. The third-order valence-corrected chi connectivity index (χ3v) is 6.39. The zero-order valence-electron chi connectivity index (χ0n) is 17.5. The van der Waals surface area contributed by atoms with Crippen molar-refractivity contribution in [1.82, 2.24) is 25.0 Å². The molecule has 0 unspecified atom stereocenters. The van der Waals surface area contributed by atoms with E-state index < -0.39 is 0 Å². The molecule has 31 heavy (non-hydrogen) atoms. The van der Waals surface area contributed by atoms with Crippen LogP contribution in [0.4, 0.5) is 15.9 Å². The van der Waals surface area contributed by atoms with Crippen LogP contribution in [-0.2, 0) is 13.5 Å². The predicted octanol–water partition coefficient (Wildman–Crippen LogP) is 4.29. The number of hydrogen-bond donors (Lipinski definition) is 0. The molecule has 154 valence electrons. The van der Waals surface area contributed by atoms with Crippen LogP contribution in [0.3, 0.4) is 0 Å². The molecule has 1 aromatic carbocycles. The molecule has 7 heteroatoms. The van der Waals surface area contributed by atoms with Crippen LogP contribution in [0.25, 0.3) is 21.9 Å². The van der Waals surface area contributed by atoms with Crippen LogP contribution in [0.5, 0.6) is 0 Å². The number of anilines is 2. The average molecular weight is 412 g/mol. The maximum Gasteiger partial charge on any atom is 0.204 e. The van der Waals surface area contributed by atoms with Gasteiger partial charge in [-0.2, -0.15) is 0 Å². The molecule has 0 bridgehead atoms. The Bertz CT molecular complexity index is 1420. The van der Waals surface area contributed by atoms with Gasteiger partial charge in [0.25, 0.3) is 0 Å². The number of hydrogen-bond acceptors (Lipinski definition) is 5. The van der Waals surface area contributed by atoms with E-state index in [-0.39, 0.29) is 11.2 Å². The lowest BCUT2D eigenvalue weighted by atomic mass is 9.97. The summed E-state index contributed by atoms with van der Waals surface area (Å²) in [7, 11) is 1.82. The fraction of sp³-hybridized carbons (Fsp3) is 0.333.